The molecule has 0 aliphatic heterocycles. The summed E-state index contributed by atoms with van der Waals surface area (Å²) in [7, 11) is 0. The van der Waals surface area contributed by atoms with Crippen LogP contribution in [0.25, 0.3) is 0 Å². The predicted octanol–water partition coefficient (Wildman–Crippen LogP) is 6.86. The van der Waals surface area contributed by atoms with E-state index in [-0.39, 0.29) is 23.0 Å². The largest absolute Gasteiger partial charge is 0.425 e. The summed E-state index contributed by atoms with van der Waals surface area (Å²) in [5, 5.41) is 0. The molecule has 4 aromatic rings. The van der Waals surface area contributed by atoms with Crippen molar-refractivity contribution in [1.29, 1.82) is 0 Å². The maximum absolute atomic E-state index is 14.3. The molecule has 8 nitrogen and oxygen atoms in total. The number of rotatable bonds is 8. The molecule has 4 aromatic carbocycles. The molecule has 45 heavy (non-hydrogen) atoms. The fourth-order valence-corrected chi connectivity index (χ4v) is 4.54. The minimum atomic E-state index is -3.35. The lowest BCUT2D eigenvalue weighted by Crippen LogP contribution is -2.59. The van der Waals surface area contributed by atoms with E-state index in [1.807, 2.05) is 0 Å². The van der Waals surface area contributed by atoms with Gasteiger partial charge in [0.15, 0.2) is 0 Å². The Kier molecular flexibility index (Phi) is 9.57. The van der Waals surface area contributed by atoms with Gasteiger partial charge in [0.25, 0.3) is 0 Å². The van der Waals surface area contributed by atoms with E-state index < -0.39 is 29.3 Å². The third-order valence-corrected chi connectivity index (χ3v) is 8.26. The average molecular weight is 609 g/mol. The molecule has 0 saturated carbocycles. The molecule has 8 heteroatoms. The Morgan fingerprint density at radius 1 is 0.378 bits per heavy atom. The molecule has 0 aromatic heterocycles. The quantitative estimate of drug-likeness (QED) is 0.121. The smallest absolute Gasteiger partial charge is 0.357 e. The summed E-state index contributed by atoms with van der Waals surface area (Å²) in [6, 6.07) is 19.8. The van der Waals surface area contributed by atoms with Gasteiger partial charge in [-0.2, -0.15) is 0 Å². The highest BCUT2D eigenvalue weighted by Crippen LogP contribution is 2.34. The zero-order valence-corrected chi connectivity index (χ0v) is 26.7. The molecule has 0 aliphatic rings. The molecular weight excluding hydrogens is 572 g/mol. The first kappa shape index (κ1) is 32.7. The standard InChI is InChI=1S/C37H36O8/c1-21-13-9-17-29(25(21)5)42-33(38)37(34(39)43-30-18-10-14-22(2)26(30)6,35(40)44-31-19-11-15-23(3)27(31)7)36(41)45-32-20-12-16-24(4)28(32)8/h9-20H,1-8H3. The van der Waals surface area contributed by atoms with Gasteiger partial charge in [0.2, 0.25) is 0 Å². The lowest BCUT2D eigenvalue weighted by atomic mass is 9.87. The zero-order valence-electron chi connectivity index (χ0n) is 26.7. The van der Waals surface area contributed by atoms with Crippen molar-refractivity contribution in [3.05, 3.63) is 117 Å². The van der Waals surface area contributed by atoms with E-state index >= 15 is 0 Å². The Labute approximate surface area is 262 Å². The fourth-order valence-electron chi connectivity index (χ4n) is 4.54. The van der Waals surface area contributed by atoms with Gasteiger partial charge in [0.1, 0.15) is 23.0 Å². The van der Waals surface area contributed by atoms with Crippen LogP contribution in [0.1, 0.15) is 44.5 Å². The van der Waals surface area contributed by atoms with Gasteiger partial charge in [-0.15, -0.1) is 0 Å². The summed E-state index contributed by atoms with van der Waals surface area (Å²) in [6.45, 7) is 14.0. The summed E-state index contributed by atoms with van der Waals surface area (Å²) in [6.07, 6.45) is 0. The van der Waals surface area contributed by atoms with Gasteiger partial charge in [-0.25, -0.2) is 19.2 Å². The number of aryl methyl sites for hydroxylation is 4. The van der Waals surface area contributed by atoms with Crippen LogP contribution in [0.5, 0.6) is 23.0 Å². The van der Waals surface area contributed by atoms with Crippen LogP contribution in [-0.2, 0) is 19.2 Å². The Balaban J connectivity index is 1.94. The molecule has 0 fully saturated rings. The van der Waals surface area contributed by atoms with E-state index in [0.29, 0.717) is 22.3 Å². The average Bonchev–Trinajstić information content (AvgIpc) is 2.99. The van der Waals surface area contributed by atoms with Crippen molar-refractivity contribution >= 4 is 23.9 Å². The first-order valence-corrected chi connectivity index (χ1v) is 14.4. The minimum Gasteiger partial charge on any atom is -0.425 e. The van der Waals surface area contributed by atoms with Crippen molar-refractivity contribution in [2.75, 3.05) is 0 Å². The molecule has 0 radical (unpaired) electrons. The monoisotopic (exact) mass is 608 g/mol. The van der Waals surface area contributed by atoms with Crippen molar-refractivity contribution < 1.29 is 38.1 Å². The van der Waals surface area contributed by atoms with E-state index in [0.717, 1.165) is 22.3 Å². The first-order valence-electron chi connectivity index (χ1n) is 14.4. The Hall–Kier alpha value is -5.24. The first-order chi connectivity index (χ1) is 21.3. The van der Waals surface area contributed by atoms with Gasteiger partial charge in [-0.1, -0.05) is 48.5 Å². The van der Waals surface area contributed by atoms with Gasteiger partial charge in [0.05, 0.1) is 0 Å². The summed E-state index contributed by atoms with van der Waals surface area (Å²) < 4.78 is 22.8. The van der Waals surface area contributed by atoms with Crippen LogP contribution in [0.2, 0.25) is 0 Å². The van der Waals surface area contributed by atoms with Gasteiger partial charge < -0.3 is 18.9 Å². The van der Waals surface area contributed by atoms with Crippen LogP contribution in [0.3, 0.4) is 0 Å². The second kappa shape index (κ2) is 13.2. The number of benzene rings is 4. The second-order valence-corrected chi connectivity index (χ2v) is 11.1. The number of carbonyl (C=O) groups excluding carboxylic acids is 4. The van der Waals surface area contributed by atoms with Crippen molar-refractivity contribution in [3.8, 4) is 23.0 Å². The van der Waals surface area contributed by atoms with Crippen LogP contribution in [0.15, 0.2) is 72.8 Å². The number of esters is 4. The molecule has 0 saturated heterocycles. The number of ether oxygens (including phenoxy) is 4. The van der Waals surface area contributed by atoms with Crippen LogP contribution < -0.4 is 18.9 Å². The van der Waals surface area contributed by atoms with Gasteiger partial charge in [0, 0.05) is 0 Å². The Morgan fingerprint density at radius 2 is 0.578 bits per heavy atom. The second-order valence-electron chi connectivity index (χ2n) is 11.1. The summed E-state index contributed by atoms with van der Waals surface area (Å²) in [5.41, 5.74) is 2.02. The lowest BCUT2D eigenvalue weighted by molar-refractivity contribution is -0.179. The van der Waals surface area contributed by atoms with Gasteiger partial charge >= 0.3 is 29.3 Å². The molecular formula is C37H36O8. The summed E-state index contributed by atoms with van der Waals surface area (Å²) in [5.74, 6) is -5.94. The van der Waals surface area contributed by atoms with Crippen molar-refractivity contribution in [3.63, 3.8) is 0 Å². The van der Waals surface area contributed by atoms with Crippen LogP contribution in [-0.4, -0.2) is 23.9 Å². The van der Waals surface area contributed by atoms with Crippen molar-refractivity contribution in [1.82, 2.24) is 0 Å². The molecule has 0 N–H and O–H groups in total. The maximum Gasteiger partial charge on any atom is 0.357 e. The number of hydrogen-bond donors (Lipinski definition) is 0. The molecule has 0 bridgehead atoms. The molecule has 0 unspecified atom stereocenters. The lowest BCUT2D eigenvalue weighted by Gasteiger charge is -2.27. The minimum absolute atomic E-state index is 0.0444. The SMILES string of the molecule is Cc1cccc(OC(=O)C(C(=O)Oc2cccc(C)c2C)(C(=O)Oc2cccc(C)c2C)C(=O)Oc2cccc(C)c2C)c1C. The maximum atomic E-state index is 14.3. The van der Waals surface area contributed by atoms with Gasteiger partial charge in [-0.3, -0.25) is 0 Å². The van der Waals surface area contributed by atoms with Crippen molar-refractivity contribution in [2.24, 2.45) is 5.41 Å². The zero-order chi connectivity index (χ0) is 33.1. The van der Waals surface area contributed by atoms with E-state index in [1.165, 1.54) is 24.3 Å². The molecule has 0 amide bonds. The normalized spacial score (nSPS) is 11.0. The third kappa shape index (κ3) is 6.36. The van der Waals surface area contributed by atoms with Gasteiger partial charge in [-0.05, 0) is 124 Å². The van der Waals surface area contributed by atoms with Crippen LogP contribution in [0.4, 0.5) is 0 Å². The predicted molar refractivity (Wildman–Crippen MR) is 169 cm³/mol. The van der Waals surface area contributed by atoms with E-state index in [2.05, 4.69) is 0 Å². The van der Waals surface area contributed by atoms with Crippen LogP contribution in [0, 0.1) is 60.8 Å². The molecule has 0 atom stereocenters. The van der Waals surface area contributed by atoms with E-state index in [1.54, 1.807) is 104 Å². The summed E-state index contributed by atoms with van der Waals surface area (Å²) in [4.78, 5) is 57.3. The molecule has 4 rings (SSSR count). The highest BCUT2D eigenvalue weighted by Gasteiger charge is 2.67. The number of carbonyl (C=O) groups is 4. The van der Waals surface area contributed by atoms with E-state index in [4.69, 9.17) is 18.9 Å². The Morgan fingerprint density at radius 3 is 0.778 bits per heavy atom. The third-order valence-electron chi connectivity index (χ3n) is 8.26. The van der Waals surface area contributed by atoms with Crippen molar-refractivity contribution in [2.45, 2.75) is 55.4 Å². The molecule has 232 valence electrons. The highest BCUT2D eigenvalue weighted by molar-refractivity contribution is 6.34. The van der Waals surface area contributed by atoms with E-state index in [9.17, 15) is 19.2 Å². The molecule has 0 spiro atoms. The highest BCUT2D eigenvalue weighted by atomic mass is 16.6. The number of hydrogen-bond acceptors (Lipinski definition) is 8. The molecule has 0 heterocycles. The topological polar surface area (TPSA) is 105 Å². The fraction of sp³-hybridized carbons (Fsp3) is 0.243. The Bertz CT molecular complexity index is 1550. The molecule has 0 aliphatic carbocycles. The van der Waals surface area contributed by atoms with Crippen LogP contribution >= 0.6 is 0 Å². The summed E-state index contributed by atoms with van der Waals surface area (Å²) >= 11 is 0.